The van der Waals surface area contributed by atoms with Crippen LogP contribution >= 0.6 is 11.8 Å². The summed E-state index contributed by atoms with van der Waals surface area (Å²) in [6, 6.07) is 7.57. The molecule has 0 aromatic heterocycles. The lowest BCUT2D eigenvalue weighted by molar-refractivity contribution is -0.136. The van der Waals surface area contributed by atoms with E-state index in [1.165, 1.54) is 16.7 Å². The topological polar surface area (TPSA) is 66.8 Å². The van der Waals surface area contributed by atoms with Crippen LogP contribution in [-0.2, 0) is 14.3 Å². The molecule has 0 radical (unpaired) electrons. The minimum Gasteiger partial charge on any atom is -0.396 e. The van der Waals surface area contributed by atoms with E-state index in [1.54, 1.807) is 0 Å². The van der Waals surface area contributed by atoms with Gasteiger partial charge in [-0.25, -0.2) is 0 Å². The molecular weight excluding hydrogens is 338 g/mol. The van der Waals surface area contributed by atoms with Crippen LogP contribution in [0.1, 0.15) is 31.4 Å². The van der Waals surface area contributed by atoms with Crippen LogP contribution in [0, 0.1) is 6.92 Å². The van der Waals surface area contributed by atoms with E-state index in [-0.39, 0.29) is 24.5 Å². The number of thioether (sulfide) groups is 1. The van der Waals surface area contributed by atoms with Gasteiger partial charge < -0.3 is 9.84 Å². The van der Waals surface area contributed by atoms with Crippen molar-refractivity contribution in [2.24, 2.45) is 0 Å². The molecule has 1 aliphatic heterocycles. The number of aliphatic hydroxyl groups excluding tert-OH is 1. The van der Waals surface area contributed by atoms with E-state index in [9.17, 15) is 9.59 Å². The second-order valence-electron chi connectivity index (χ2n) is 6.18. The predicted molar refractivity (Wildman–Crippen MR) is 100 cm³/mol. The highest BCUT2D eigenvalue weighted by Crippen LogP contribution is 2.36. The molecule has 0 atom stereocenters. The molecule has 136 valence electrons. The molecule has 0 saturated heterocycles. The van der Waals surface area contributed by atoms with Gasteiger partial charge in [-0.2, -0.15) is 0 Å². The van der Waals surface area contributed by atoms with Crippen molar-refractivity contribution in [1.82, 2.24) is 4.90 Å². The quantitative estimate of drug-likeness (QED) is 0.540. The highest BCUT2D eigenvalue weighted by atomic mass is 32.2. The highest BCUT2D eigenvalue weighted by Gasteiger charge is 2.38. The second-order valence-corrected chi connectivity index (χ2v) is 7.28. The Kier molecular flexibility index (Phi) is 7.23. The lowest BCUT2D eigenvalue weighted by atomic mass is 10.0. The van der Waals surface area contributed by atoms with Crippen molar-refractivity contribution < 1.29 is 19.4 Å². The van der Waals surface area contributed by atoms with Gasteiger partial charge in [-0.3, -0.25) is 14.5 Å². The number of ether oxygens (including phenoxy) is 1. The summed E-state index contributed by atoms with van der Waals surface area (Å²) < 4.78 is 5.49. The Morgan fingerprint density at radius 3 is 2.44 bits per heavy atom. The Hall–Kier alpha value is -1.63. The number of aliphatic hydroxyl groups is 1. The number of aryl methyl sites for hydroxylation is 1. The number of rotatable bonds is 9. The van der Waals surface area contributed by atoms with Gasteiger partial charge in [-0.15, -0.1) is 11.8 Å². The fourth-order valence-corrected chi connectivity index (χ4v) is 3.43. The van der Waals surface area contributed by atoms with E-state index in [4.69, 9.17) is 9.84 Å². The van der Waals surface area contributed by atoms with E-state index in [0.717, 1.165) is 11.1 Å². The van der Waals surface area contributed by atoms with Crippen molar-refractivity contribution in [3.05, 3.63) is 40.3 Å². The molecule has 6 heteroatoms. The molecule has 1 heterocycles. The summed E-state index contributed by atoms with van der Waals surface area (Å²) in [7, 11) is 0. The molecule has 0 saturated carbocycles. The van der Waals surface area contributed by atoms with Crippen LogP contribution < -0.4 is 0 Å². The van der Waals surface area contributed by atoms with Crippen LogP contribution in [-0.4, -0.2) is 53.4 Å². The SMILES string of the molecule is Cc1ccc(C2=C(SCCO)C(=O)N(CCCOC(C)C)C2=O)cc1. The first-order chi connectivity index (χ1) is 12.0. The fraction of sp³-hybridized carbons (Fsp3) is 0.474. The first kappa shape index (κ1) is 19.7. The summed E-state index contributed by atoms with van der Waals surface area (Å²) in [6.07, 6.45) is 0.733. The normalized spacial score (nSPS) is 15.0. The highest BCUT2D eigenvalue weighted by molar-refractivity contribution is 8.04. The van der Waals surface area contributed by atoms with Gasteiger partial charge in [0.2, 0.25) is 0 Å². The zero-order chi connectivity index (χ0) is 18.4. The van der Waals surface area contributed by atoms with Gasteiger partial charge in [0.05, 0.1) is 23.2 Å². The Labute approximate surface area is 153 Å². The maximum Gasteiger partial charge on any atom is 0.267 e. The molecule has 0 bridgehead atoms. The van der Waals surface area contributed by atoms with Crippen molar-refractivity contribution in [2.75, 3.05) is 25.5 Å². The van der Waals surface area contributed by atoms with Crippen LogP contribution in [0.3, 0.4) is 0 Å². The molecule has 1 aromatic rings. The summed E-state index contributed by atoms with van der Waals surface area (Å²) in [6.45, 7) is 6.68. The first-order valence-electron chi connectivity index (χ1n) is 8.48. The number of hydrogen-bond donors (Lipinski definition) is 1. The van der Waals surface area contributed by atoms with E-state index >= 15 is 0 Å². The summed E-state index contributed by atoms with van der Waals surface area (Å²) in [5, 5.41) is 9.09. The molecule has 5 nitrogen and oxygen atoms in total. The van der Waals surface area contributed by atoms with E-state index in [0.29, 0.717) is 35.8 Å². The number of hydrogen-bond acceptors (Lipinski definition) is 5. The third kappa shape index (κ3) is 4.93. The maximum absolute atomic E-state index is 12.8. The fourth-order valence-electron chi connectivity index (χ4n) is 2.56. The van der Waals surface area contributed by atoms with Crippen molar-refractivity contribution in [2.45, 2.75) is 33.3 Å². The Bertz CT molecular complexity index is 652. The molecule has 25 heavy (non-hydrogen) atoms. The molecule has 0 unspecified atom stereocenters. The van der Waals surface area contributed by atoms with Gasteiger partial charge in [-0.1, -0.05) is 29.8 Å². The predicted octanol–water partition coefficient (Wildman–Crippen LogP) is 2.62. The summed E-state index contributed by atoms with van der Waals surface area (Å²) >= 11 is 1.24. The minimum atomic E-state index is -0.274. The standard InChI is InChI=1S/C19H25NO4S/c1-13(2)24-11-4-9-20-18(22)16(15-7-5-14(3)6-8-15)17(19(20)23)25-12-10-21/h5-8,13,21H,4,9-12H2,1-3H3. The average Bonchev–Trinajstić information content (AvgIpc) is 2.81. The van der Waals surface area contributed by atoms with Crippen molar-refractivity contribution in [1.29, 1.82) is 0 Å². The zero-order valence-corrected chi connectivity index (χ0v) is 15.8. The Morgan fingerprint density at radius 1 is 1.16 bits per heavy atom. The number of carbonyl (C=O) groups excluding carboxylic acids is 2. The molecule has 1 aromatic carbocycles. The molecule has 1 N–H and O–H groups in total. The zero-order valence-electron chi connectivity index (χ0n) is 14.9. The number of imide groups is 1. The molecule has 0 aliphatic carbocycles. The van der Waals surface area contributed by atoms with Gasteiger partial charge in [0.15, 0.2) is 0 Å². The van der Waals surface area contributed by atoms with Gasteiger partial charge in [0, 0.05) is 18.9 Å². The van der Waals surface area contributed by atoms with Crippen molar-refractivity contribution >= 4 is 29.1 Å². The monoisotopic (exact) mass is 363 g/mol. The van der Waals surface area contributed by atoms with Gasteiger partial charge in [0.25, 0.3) is 11.8 Å². The third-order valence-electron chi connectivity index (χ3n) is 3.78. The number of nitrogens with zero attached hydrogens (tertiary/aromatic N) is 1. The van der Waals surface area contributed by atoms with Crippen LogP contribution in [0.5, 0.6) is 0 Å². The van der Waals surface area contributed by atoms with E-state index < -0.39 is 0 Å². The molecule has 0 spiro atoms. The van der Waals surface area contributed by atoms with Gasteiger partial charge in [-0.05, 0) is 32.8 Å². The van der Waals surface area contributed by atoms with Crippen LogP contribution in [0.4, 0.5) is 0 Å². The van der Waals surface area contributed by atoms with E-state index in [2.05, 4.69) is 0 Å². The molecule has 2 rings (SSSR count). The molecule has 0 fully saturated rings. The summed E-state index contributed by atoms with van der Waals surface area (Å²) in [5.41, 5.74) is 2.27. The van der Waals surface area contributed by atoms with Gasteiger partial charge >= 0.3 is 0 Å². The molecule has 2 amide bonds. The average molecular weight is 363 g/mol. The van der Waals surface area contributed by atoms with Crippen LogP contribution in [0.25, 0.3) is 5.57 Å². The molecule has 1 aliphatic rings. The van der Waals surface area contributed by atoms with Crippen molar-refractivity contribution in [3.63, 3.8) is 0 Å². The second kappa shape index (κ2) is 9.17. The summed E-state index contributed by atoms with van der Waals surface area (Å²) in [4.78, 5) is 27.3. The number of benzene rings is 1. The lowest BCUT2D eigenvalue weighted by Gasteiger charge is -2.15. The summed E-state index contributed by atoms with van der Waals surface area (Å²) in [5.74, 6) is -0.156. The van der Waals surface area contributed by atoms with Crippen LogP contribution in [0.15, 0.2) is 29.2 Å². The molecular formula is C19H25NO4S. The lowest BCUT2D eigenvalue weighted by Crippen LogP contribution is -2.33. The smallest absolute Gasteiger partial charge is 0.267 e. The Balaban J connectivity index is 2.19. The van der Waals surface area contributed by atoms with Crippen LogP contribution in [0.2, 0.25) is 0 Å². The number of amides is 2. The Morgan fingerprint density at radius 2 is 1.84 bits per heavy atom. The van der Waals surface area contributed by atoms with Crippen molar-refractivity contribution in [3.8, 4) is 0 Å². The minimum absolute atomic E-state index is 0.0426. The van der Waals surface area contributed by atoms with Gasteiger partial charge in [0.1, 0.15) is 0 Å². The maximum atomic E-state index is 12.8. The largest absolute Gasteiger partial charge is 0.396 e. The first-order valence-corrected chi connectivity index (χ1v) is 9.47. The van der Waals surface area contributed by atoms with E-state index in [1.807, 2.05) is 45.0 Å². The number of carbonyl (C=O) groups is 2. The third-order valence-corrected chi connectivity index (χ3v) is 4.83.